The van der Waals surface area contributed by atoms with Crippen molar-refractivity contribution in [1.29, 1.82) is 0 Å². The summed E-state index contributed by atoms with van der Waals surface area (Å²) in [5, 5.41) is 7.26. The largest absolute Gasteiger partial charge is 0.313 e. The number of hydrogen-bond acceptors (Lipinski definition) is 2. The minimum absolute atomic E-state index is 0.170. The summed E-state index contributed by atoms with van der Waals surface area (Å²) in [6.45, 7) is 0. The Balaban J connectivity index is 0.779. The van der Waals surface area contributed by atoms with Crippen molar-refractivity contribution >= 4 is 65.7 Å². The molecule has 0 saturated heterocycles. The minimum atomic E-state index is 0.170. The third-order valence-electron chi connectivity index (χ3n) is 12.8. The molecule has 0 bridgehead atoms. The van der Waals surface area contributed by atoms with E-state index in [0.29, 0.717) is 0 Å². The summed E-state index contributed by atoms with van der Waals surface area (Å²) in [5.74, 6) is 0.170. The van der Waals surface area contributed by atoms with Crippen molar-refractivity contribution in [3.8, 4) is 33.5 Å². The van der Waals surface area contributed by atoms with Crippen LogP contribution < -0.4 is 0 Å². The number of benzene rings is 8. The van der Waals surface area contributed by atoms with Crippen molar-refractivity contribution < 1.29 is 0 Å². The van der Waals surface area contributed by atoms with Gasteiger partial charge in [0.1, 0.15) is 0 Å². The van der Waals surface area contributed by atoms with Gasteiger partial charge in [0, 0.05) is 38.7 Å². The van der Waals surface area contributed by atoms with Gasteiger partial charge in [0.05, 0.1) is 34.0 Å². The first-order chi connectivity index (χ1) is 30.7. The first-order valence-corrected chi connectivity index (χ1v) is 21.6. The second-order valence-electron chi connectivity index (χ2n) is 16.4. The highest BCUT2D eigenvalue weighted by atomic mass is 15.0. The molecule has 3 heteroatoms. The molecule has 8 aromatic carbocycles. The van der Waals surface area contributed by atoms with Gasteiger partial charge in [0.2, 0.25) is 0 Å². The average molecular weight is 792 g/mol. The van der Waals surface area contributed by atoms with Gasteiger partial charge < -0.3 is 4.57 Å². The van der Waals surface area contributed by atoms with Crippen molar-refractivity contribution in [2.45, 2.75) is 18.8 Å². The number of rotatable bonds is 6. The molecule has 0 fully saturated rings. The van der Waals surface area contributed by atoms with Gasteiger partial charge in [-0.15, -0.1) is 0 Å². The van der Waals surface area contributed by atoms with Gasteiger partial charge >= 0.3 is 0 Å². The summed E-state index contributed by atoms with van der Waals surface area (Å²) in [7, 11) is 0. The van der Waals surface area contributed by atoms with E-state index >= 15 is 0 Å². The number of hydrogen-bond donors (Lipinski definition) is 0. The molecule has 2 aromatic heterocycles. The maximum absolute atomic E-state index is 5.19. The molecule has 2 aliphatic carbocycles. The van der Waals surface area contributed by atoms with E-state index in [4.69, 9.17) is 9.97 Å². The number of nitrogens with zero attached hydrogens (tertiary/aromatic N) is 3. The Bertz CT molecular complexity index is 3520. The highest BCUT2D eigenvalue weighted by Gasteiger charge is 2.17. The zero-order chi connectivity index (χ0) is 41.0. The Morgan fingerprint density at radius 1 is 0.468 bits per heavy atom. The molecule has 2 aliphatic rings. The smallest absolute Gasteiger partial charge is 0.0979 e. The lowest BCUT2D eigenvalue weighted by Crippen LogP contribution is -1.98. The van der Waals surface area contributed by atoms with Crippen LogP contribution in [0, 0.1) is 0 Å². The summed E-state index contributed by atoms with van der Waals surface area (Å²) in [6, 6.07) is 59.3. The summed E-state index contributed by atoms with van der Waals surface area (Å²) in [4.78, 5) is 10.2. The fourth-order valence-corrected chi connectivity index (χ4v) is 9.63. The van der Waals surface area contributed by atoms with E-state index < -0.39 is 0 Å². The maximum Gasteiger partial charge on any atom is 0.0979 e. The average Bonchev–Trinajstić information content (AvgIpc) is 3.47. The first kappa shape index (κ1) is 36.0. The topological polar surface area (TPSA) is 30.7 Å². The number of allylic oxidation sites excluding steroid dienone is 10. The Labute approximate surface area is 360 Å². The highest BCUT2D eigenvalue weighted by Crippen LogP contribution is 2.38. The molecule has 62 heavy (non-hydrogen) atoms. The lowest BCUT2D eigenvalue weighted by Gasteiger charge is -2.14. The zero-order valence-corrected chi connectivity index (χ0v) is 34.1. The molecule has 0 aliphatic heterocycles. The molecule has 292 valence electrons. The van der Waals surface area contributed by atoms with E-state index in [1.165, 1.54) is 77.2 Å². The Morgan fingerprint density at radius 3 is 1.85 bits per heavy atom. The van der Waals surface area contributed by atoms with Crippen LogP contribution in [0.15, 0.2) is 219 Å². The van der Waals surface area contributed by atoms with Gasteiger partial charge in [-0.2, -0.15) is 0 Å². The fraction of sp³-hybridized carbons (Fsp3) is 0.0508. The predicted molar refractivity (Wildman–Crippen MR) is 262 cm³/mol. The molecule has 3 nitrogen and oxygen atoms in total. The van der Waals surface area contributed by atoms with Gasteiger partial charge in [-0.3, -0.25) is 4.98 Å². The molecule has 1 unspecified atom stereocenters. The van der Waals surface area contributed by atoms with Crippen LogP contribution in [0.4, 0.5) is 0 Å². The normalized spacial score (nSPS) is 15.1. The standard InChI is InChI=1S/C59H41N3/c1-2-16-48(17-3-1)62-56-23-9-8-20-51(56)54-37-47(34-35-57(54)62)40-13-10-12-39(24-25-40)45-14-11-15-46(36-45)43-28-26-41(27-29-43)42-30-32-44(33-31-42)55-38-60-58-52-21-6-4-18-49(52)50-19-5-7-22-53(50)59(58)61-55/h1-2,4-16,18-39H,3,17H2. The minimum Gasteiger partial charge on any atom is -0.313 e. The second kappa shape index (κ2) is 15.0. The molecular formula is C59H41N3. The molecule has 2 heterocycles. The Kier molecular flexibility index (Phi) is 8.71. The molecule has 12 rings (SSSR count). The van der Waals surface area contributed by atoms with Crippen molar-refractivity contribution in [3.05, 3.63) is 230 Å². The molecule has 0 amide bonds. The van der Waals surface area contributed by atoms with Crippen molar-refractivity contribution in [3.63, 3.8) is 0 Å². The Hall–Kier alpha value is -7.88. The van der Waals surface area contributed by atoms with Gasteiger partial charge in [-0.1, -0.05) is 188 Å². The monoisotopic (exact) mass is 791 g/mol. The quantitative estimate of drug-likeness (QED) is 0.157. The second-order valence-corrected chi connectivity index (χ2v) is 16.4. The first-order valence-electron chi connectivity index (χ1n) is 21.6. The van der Waals surface area contributed by atoms with Gasteiger partial charge in [0.25, 0.3) is 0 Å². The van der Waals surface area contributed by atoms with Crippen LogP contribution in [0.2, 0.25) is 0 Å². The lowest BCUT2D eigenvalue weighted by atomic mass is 9.93. The fourth-order valence-electron chi connectivity index (χ4n) is 9.63. The van der Waals surface area contributed by atoms with Crippen molar-refractivity contribution in [2.24, 2.45) is 0 Å². The molecule has 0 radical (unpaired) electrons. The van der Waals surface area contributed by atoms with E-state index in [-0.39, 0.29) is 5.92 Å². The van der Waals surface area contributed by atoms with Crippen molar-refractivity contribution in [1.82, 2.24) is 14.5 Å². The van der Waals surface area contributed by atoms with Crippen LogP contribution in [-0.2, 0) is 0 Å². The third kappa shape index (κ3) is 6.21. The maximum atomic E-state index is 5.19. The number of fused-ring (bicyclic) bond motifs is 9. The zero-order valence-electron chi connectivity index (χ0n) is 34.1. The van der Waals surface area contributed by atoms with Gasteiger partial charge in [-0.05, 0) is 86.8 Å². The lowest BCUT2D eigenvalue weighted by molar-refractivity contribution is 0.979. The Morgan fingerprint density at radius 2 is 1.11 bits per heavy atom. The highest BCUT2D eigenvalue weighted by molar-refractivity contribution is 6.23. The SMILES string of the molecule is C1=CCCC(n2c3ccccc3c3cc(C4=CC=CC(c5cccc(-c6ccc(-c7ccc(-c8cnc9c%10ccccc%10c%10ccccc%10c9n8)cc7)cc6)c5)C=C4)ccc32)=C1. The van der Waals surface area contributed by atoms with Gasteiger partial charge in [-0.25, -0.2) is 4.98 Å². The summed E-state index contributed by atoms with van der Waals surface area (Å²) in [5.41, 5.74) is 16.2. The predicted octanol–water partition coefficient (Wildman–Crippen LogP) is 15.5. The molecule has 0 spiro atoms. The molecule has 0 N–H and O–H groups in total. The van der Waals surface area contributed by atoms with E-state index in [2.05, 4.69) is 217 Å². The summed E-state index contributed by atoms with van der Waals surface area (Å²) in [6.07, 6.45) is 22.1. The van der Waals surface area contributed by atoms with E-state index in [9.17, 15) is 0 Å². The van der Waals surface area contributed by atoms with Crippen LogP contribution in [0.1, 0.15) is 29.9 Å². The number of para-hydroxylation sites is 1. The molecule has 0 saturated carbocycles. The van der Waals surface area contributed by atoms with Crippen LogP contribution in [0.5, 0.6) is 0 Å². The summed E-state index contributed by atoms with van der Waals surface area (Å²) < 4.78 is 2.45. The van der Waals surface area contributed by atoms with Gasteiger partial charge in [0.15, 0.2) is 0 Å². The van der Waals surface area contributed by atoms with E-state index in [0.717, 1.165) is 45.9 Å². The van der Waals surface area contributed by atoms with E-state index in [1.807, 2.05) is 6.20 Å². The van der Waals surface area contributed by atoms with E-state index in [1.54, 1.807) is 0 Å². The third-order valence-corrected chi connectivity index (χ3v) is 12.8. The van der Waals surface area contributed by atoms with Crippen LogP contribution >= 0.6 is 0 Å². The van der Waals surface area contributed by atoms with Crippen molar-refractivity contribution in [2.75, 3.05) is 0 Å². The molecular weight excluding hydrogens is 751 g/mol. The molecule has 10 aromatic rings. The molecule has 1 atom stereocenters. The van der Waals surface area contributed by atoms with Crippen LogP contribution in [0.25, 0.3) is 99.2 Å². The number of aromatic nitrogens is 3. The van der Waals surface area contributed by atoms with Crippen LogP contribution in [0.3, 0.4) is 0 Å². The van der Waals surface area contributed by atoms with Crippen LogP contribution in [-0.4, -0.2) is 14.5 Å². The summed E-state index contributed by atoms with van der Waals surface area (Å²) >= 11 is 0.